The molecule has 5 N–H and O–H groups in total. The Hall–Kier alpha value is -1.16. The highest BCUT2D eigenvalue weighted by molar-refractivity contribution is 6.45. The molecule has 9 heteroatoms. The van der Waals surface area contributed by atoms with E-state index in [1.165, 1.54) is 0 Å². The number of likely N-dealkylation sites (tertiary alicyclic amines) is 1. The van der Waals surface area contributed by atoms with E-state index in [2.05, 4.69) is 0 Å². The van der Waals surface area contributed by atoms with Gasteiger partial charge in [0, 0.05) is 12.1 Å². The number of carboxylic acids is 1. The number of aliphatic carboxylic acids is 1. The molecule has 1 saturated carbocycles. The van der Waals surface area contributed by atoms with Crippen molar-refractivity contribution in [1.82, 2.24) is 4.90 Å². The Labute approximate surface area is 186 Å². The largest absolute Gasteiger partial charge is 0.480 e. The van der Waals surface area contributed by atoms with Crippen LogP contribution in [0.1, 0.15) is 79.6 Å². The zero-order chi connectivity index (χ0) is 23.2. The van der Waals surface area contributed by atoms with Crippen LogP contribution in [0.3, 0.4) is 0 Å². The molecule has 1 amide bonds. The summed E-state index contributed by atoms with van der Waals surface area (Å²) in [6.45, 7) is 10.5. The normalized spacial score (nSPS) is 35.5. The van der Waals surface area contributed by atoms with Crippen molar-refractivity contribution < 1.29 is 24.0 Å². The summed E-state index contributed by atoms with van der Waals surface area (Å²) >= 11 is 0. The highest BCUT2D eigenvalue weighted by Crippen LogP contribution is 2.49. The number of hydrogen-bond donors (Lipinski definition) is 3. The van der Waals surface area contributed by atoms with Gasteiger partial charge >= 0.3 is 13.1 Å². The van der Waals surface area contributed by atoms with Crippen molar-refractivity contribution in [1.29, 1.82) is 0 Å². The van der Waals surface area contributed by atoms with E-state index in [-0.39, 0.29) is 35.7 Å². The molecule has 2 heterocycles. The standard InChI is InChI=1S/C22H40BN3O5/c1-15(24)17(27)26-13-7-9-21(26)10-11-22(25,18(28)29)16(14-21)8-6-12-23-30-19(2,3)20(4,5)31-23/h15-16H,6-14,24-25H2,1-5H3,(H,28,29)/t15-,16?,21?,22?/m0/s1. The van der Waals surface area contributed by atoms with Gasteiger partial charge in [-0.2, -0.15) is 0 Å². The van der Waals surface area contributed by atoms with Gasteiger partial charge in [-0.25, -0.2) is 0 Å². The van der Waals surface area contributed by atoms with E-state index in [1.807, 2.05) is 32.6 Å². The molecule has 2 saturated heterocycles. The van der Waals surface area contributed by atoms with E-state index < -0.39 is 17.6 Å². The van der Waals surface area contributed by atoms with Crippen LogP contribution in [0.25, 0.3) is 0 Å². The molecule has 4 atom stereocenters. The number of amides is 1. The van der Waals surface area contributed by atoms with Crippen LogP contribution in [0.4, 0.5) is 0 Å². The molecule has 8 nitrogen and oxygen atoms in total. The fourth-order valence-electron chi connectivity index (χ4n) is 5.64. The second kappa shape index (κ2) is 8.32. The fourth-order valence-corrected chi connectivity index (χ4v) is 5.64. The Bertz CT molecular complexity index is 699. The van der Waals surface area contributed by atoms with E-state index in [1.54, 1.807) is 6.92 Å². The van der Waals surface area contributed by atoms with E-state index in [4.69, 9.17) is 20.8 Å². The molecule has 1 aliphatic carbocycles. The van der Waals surface area contributed by atoms with Gasteiger partial charge in [-0.15, -0.1) is 0 Å². The summed E-state index contributed by atoms with van der Waals surface area (Å²) in [6.07, 6.45) is 5.50. The van der Waals surface area contributed by atoms with Crippen molar-refractivity contribution in [3.8, 4) is 0 Å². The quantitative estimate of drug-likeness (QED) is 0.543. The third-order valence-electron chi connectivity index (χ3n) is 8.30. The van der Waals surface area contributed by atoms with Gasteiger partial charge in [0.1, 0.15) is 5.54 Å². The molecular formula is C22H40BN3O5. The maximum atomic E-state index is 12.8. The van der Waals surface area contributed by atoms with Crippen LogP contribution in [-0.2, 0) is 18.9 Å². The Morgan fingerprint density at radius 1 is 1.16 bits per heavy atom. The zero-order valence-electron chi connectivity index (χ0n) is 19.8. The number of carboxylic acid groups (broad SMARTS) is 1. The minimum atomic E-state index is -1.27. The van der Waals surface area contributed by atoms with Gasteiger partial charge in [-0.1, -0.05) is 6.42 Å². The van der Waals surface area contributed by atoms with Crippen LogP contribution in [0.15, 0.2) is 0 Å². The maximum Gasteiger partial charge on any atom is 0.457 e. The topological polar surface area (TPSA) is 128 Å². The van der Waals surface area contributed by atoms with E-state index in [0.29, 0.717) is 38.5 Å². The number of nitrogens with two attached hydrogens (primary N) is 2. The minimum Gasteiger partial charge on any atom is -0.480 e. The van der Waals surface area contributed by atoms with Crippen LogP contribution in [0.5, 0.6) is 0 Å². The molecule has 1 spiro atoms. The molecule has 0 aromatic carbocycles. The number of nitrogens with zero attached hydrogens (tertiary/aromatic N) is 1. The van der Waals surface area contributed by atoms with Crippen molar-refractivity contribution in [2.45, 2.75) is 114 Å². The third kappa shape index (κ3) is 4.39. The number of carbonyl (C=O) groups is 2. The molecule has 0 aromatic rings. The van der Waals surface area contributed by atoms with E-state index in [0.717, 1.165) is 19.3 Å². The molecule has 0 radical (unpaired) electrons. The highest BCUT2D eigenvalue weighted by atomic mass is 16.7. The van der Waals surface area contributed by atoms with E-state index >= 15 is 0 Å². The summed E-state index contributed by atoms with van der Waals surface area (Å²) in [5.41, 5.74) is 10.0. The van der Waals surface area contributed by atoms with Crippen LogP contribution in [0, 0.1) is 5.92 Å². The fraction of sp³-hybridized carbons (Fsp3) is 0.909. The lowest BCUT2D eigenvalue weighted by Crippen LogP contribution is -2.64. The summed E-state index contributed by atoms with van der Waals surface area (Å²) in [5, 5.41) is 9.94. The Morgan fingerprint density at radius 3 is 2.32 bits per heavy atom. The lowest BCUT2D eigenvalue weighted by Gasteiger charge is -2.50. The first-order valence-electron chi connectivity index (χ1n) is 11.7. The first-order chi connectivity index (χ1) is 14.2. The lowest BCUT2D eigenvalue weighted by molar-refractivity contribution is -0.151. The molecule has 176 valence electrons. The maximum absolute atomic E-state index is 12.8. The van der Waals surface area contributed by atoms with E-state index in [9.17, 15) is 14.7 Å². The van der Waals surface area contributed by atoms with Gasteiger partial charge in [0.15, 0.2) is 0 Å². The number of rotatable bonds is 6. The monoisotopic (exact) mass is 437 g/mol. The van der Waals surface area contributed by atoms with Crippen LogP contribution in [0.2, 0.25) is 6.32 Å². The second-order valence-corrected chi connectivity index (χ2v) is 11.0. The SMILES string of the molecule is C[C@H](N)C(=O)N1CCCC12CCC(N)(C(=O)O)C(CCCB1OC(C)(C)C(C)(C)O1)C2. The van der Waals surface area contributed by atoms with Gasteiger partial charge in [0.05, 0.1) is 17.2 Å². The molecule has 0 aromatic heterocycles. The van der Waals surface area contributed by atoms with Gasteiger partial charge < -0.3 is 30.8 Å². The molecule has 3 aliphatic rings. The van der Waals surface area contributed by atoms with Crippen LogP contribution >= 0.6 is 0 Å². The van der Waals surface area contributed by atoms with Gasteiger partial charge in [0.2, 0.25) is 5.91 Å². The minimum absolute atomic E-state index is 0.0479. The molecule has 3 unspecified atom stereocenters. The highest BCUT2D eigenvalue weighted by Gasteiger charge is 2.56. The summed E-state index contributed by atoms with van der Waals surface area (Å²) in [4.78, 5) is 26.8. The molecule has 0 bridgehead atoms. The summed E-state index contributed by atoms with van der Waals surface area (Å²) in [5.74, 6) is -1.22. The van der Waals surface area contributed by atoms with Crippen LogP contribution < -0.4 is 11.5 Å². The van der Waals surface area contributed by atoms with Crippen molar-refractivity contribution in [3.05, 3.63) is 0 Å². The Kier molecular flexibility index (Phi) is 6.57. The first-order valence-corrected chi connectivity index (χ1v) is 11.7. The lowest BCUT2D eigenvalue weighted by atomic mass is 9.63. The molecular weight excluding hydrogens is 397 g/mol. The Balaban J connectivity index is 1.70. The van der Waals surface area contributed by atoms with Gasteiger partial charge in [-0.3, -0.25) is 9.59 Å². The molecule has 3 fully saturated rings. The molecule has 3 rings (SSSR count). The molecule has 31 heavy (non-hydrogen) atoms. The van der Waals surface area contributed by atoms with Crippen LogP contribution in [-0.4, -0.2) is 63.9 Å². The third-order valence-corrected chi connectivity index (χ3v) is 8.30. The van der Waals surface area contributed by atoms with Gasteiger partial charge in [0.25, 0.3) is 0 Å². The van der Waals surface area contributed by atoms with Gasteiger partial charge in [-0.05, 0) is 85.4 Å². The number of carbonyl (C=O) groups excluding carboxylic acids is 1. The molecule has 2 aliphatic heterocycles. The van der Waals surface area contributed by atoms with Crippen molar-refractivity contribution >= 4 is 19.0 Å². The predicted octanol–water partition coefficient (Wildman–Crippen LogP) is 2.15. The Morgan fingerprint density at radius 2 is 1.77 bits per heavy atom. The zero-order valence-corrected chi connectivity index (χ0v) is 19.8. The first kappa shape index (κ1) is 24.5. The average Bonchev–Trinajstić information content (AvgIpc) is 3.14. The van der Waals surface area contributed by atoms with Crippen molar-refractivity contribution in [2.24, 2.45) is 17.4 Å². The van der Waals surface area contributed by atoms with Crippen molar-refractivity contribution in [2.75, 3.05) is 6.54 Å². The summed E-state index contributed by atoms with van der Waals surface area (Å²) in [7, 11) is -0.304. The smallest absolute Gasteiger partial charge is 0.457 e. The number of hydrogen-bond acceptors (Lipinski definition) is 6. The summed E-state index contributed by atoms with van der Waals surface area (Å²) < 4.78 is 12.2. The predicted molar refractivity (Wildman–Crippen MR) is 119 cm³/mol. The van der Waals surface area contributed by atoms with Crippen molar-refractivity contribution in [3.63, 3.8) is 0 Å². The summed E-state index contributed by atoms with van der Waals surface area (Å²) in [6, 6.07) is -0.555. The average molecular weight is 437 g/mol. The second-order valence-electron chi connectivity index (χ2n) is 11.0.